The second kappa shape index (κ2) is 7.83. The normalized spacial score (nSPS) is 12.2. The molecule has 0 aliphatic carbocycles. The molecule has 0 bridgehead atoms. The summed E-state index contributed by atoms with van der Waals surface area (Å²) < 4.78 is 0. The Morgan fingerprint density at radius 2 is 1.89 bits per heavy atom. The van der Waals surface area contributed by atoms with Gasteiger partial charge in [-0.1, -0.05) is 61.7 Å². The smallest absolute Gasteiger partial charge is 0.0493 e. The average molecular weight is 286 g/mol. The number of hydrogen-bond donors (Lipinski definition) is 1. The van der Waals surface area contributed by atoms with Crippen molar-refractivity contribution in [3.63, 3.8) is 0 Å². The largest absolute Gasteiger partial charge is 0.313 e. The van der Waals surface area contributed by atoms with Crippen LogP contribution in [0.3, 0.4) is 0 Å². The van der Waals surface area contributed by atoms with Gasteiger partial charge < -0.3 is 5.32 Å². The SMILES string of the molecule is CCC(=Cc1c(Cl)cccc1Cl)CNCC(C)C. The summed E-state index contributed by atoms with van der Waals surface area (Å²) in [4.78, 5) is 0. The van der Waals surface area contributed by atoms with E-state index in [1.165, 1.54) is 5.57 Å². The topological polar surface area (TPSA) is 12.0 Å². The summed E-state index contributed by atoms with van der Waals surface area (Å²) in [6.07, 6.45) is 3.09. The van der Waals surface area contributed by atoms with Crippen LogP contribution in [0.5, 0.6) is 0 Å². The van der Waals surface area contributed by atoms with Gasteiger partial charge in [0.2, 0.25) is 0 Å². The fourth-order valence-corrected chi connectivity index (χ4v) is 2.16. The van der Waals surface area contributed by atoms with E-state index in [-0.39, 0.29) is 0 Å². The van der Waals surface area contributed by atoms with E-state index in [0.29, 0.717) is 16.0 Å². The Labute approximate surface area is 120 Å². The Morgan fingerprint density at radius 3 is 2.39 bits per heavy atom. The van der Waals surface area contributed by atoms with Crippen LogP contribution in [0.4, 0.5) is 0 Å². The number of hydrogen-bond acceptors (Lipinski definition) is 1. The average Bonchev–Trinajstić information content (AvgIpc) is 2.31. The Morgan fingerprint density at radius 1 is 1.28 bits per heavy atom. The summed E-state index contributed by atoms with van der Waals surface area (Å²) in [6, 6.07) is 5.60. The maximum absolute atomic E-state index is 6.17. The van der Waals surface area contributed by atoms with Crippen LogP contribution in [0.1, 0.15) is 32.8 Å². The van der Waals surface area contributed by atoms with Gasteiger partial charge in [0.1, 0.15) is 0 Å². The third-order valence-corrected chi connectivity index (χ3v) is 3.37. The predicted molar refractivity (Wildman–Crippen MR) is 82.4 cm³/mol. The van der Waals surface area contributed by atoms with E-state index in [2.05, 4.69) is 32.2 Å². The quantitative estimate of drug-likeness (QED) is 0.773. The molecular formula is C15H21Cl2N. The third-order valence-electron chi connectivity index (χ3n) is 2.71. The zero-order valence-electron chi connectivity index (χ0n) is 11.3. The van der Waals surface area contributed by atoms with Crippen molar-refractivity contribution in [1.29, 1.82) is 0 Å². The van der Waals surface area contributed by atoms with E-state index in [9.17, 15) is 0 Å². The summed E-state index contributed by atoms with van der Waals surface area (Å²) in [5.41, 5.74) is 2.23. The Bertz CT molecular complexity index is 391. The Balaban J connectivity index is 2.77. The lowest BCUT2D eigenvalue weighted by atomic mass is 10.1. The molecule has 1 nitrogen and oxygen atoms in total. The zero-order chi connectivity index (χ0) is 13.5. The van der Waals surface area contributed by atoms with Crippen molar-refractivity contribution in [3.8, 4) is 0 Å². The molecule has 0 saturated carbocycles. The molecule has 3 heteroatoms. The fraction of sp³-hybridized carbons (Fsp3) is 0.467. The van der Waals surface area contributed by atoms with Gasteiger partial charge in [0, 0.05) is 22.2 Å². The molecule has 0 aliphatic rings. The highest BCUT2D eigenvalue weighted by molar-refractivity contribution is 6.37. The lowest BCUT2D eigenvalue weighted by Gasteiger charge is -2.10. The number of benzene rings is 1. The monoisotopic (exact) mass is 285 g/mol. The molecule has 0 aliphatic heterocycles. The van der Waals surface area contributed by atoms with E-state index < -0.39 is 0 Å². The third kappa shape index (κ3) is 5.01. The molecule has 1 aromatic carbocycles. The van der Waals surface area contributed by atoms with Crippen LogP contribution in [0.2, 0.25) is 10.0 Å². The van der Waals surface area contributed by atoms with Gasteiger partial charge >= 0.3 is 0 Å². The molecule has 0 amide bonds. The fourth-order valence-electron chi connectivity index (χ4n) is 1.65. The molecule has 0 heterocycles. The summed E-state index contributed by atoms with van der Waals surface area (Å²) in [7, 11) is 0. The molecule has 1 rings (SSSR count). The van der Waals surface area contributed by atoms with Crippen LogP contribution in [-0.4, -0.2) is 13.1 Å². The first-order valence-corrected chi connectivity index (χ1v) is 7.14. The molecular weight excluding hydrogens is 265 g/mol. The van der Waals surface area contributed by atoms with Crippen molar-refractivity contribution in [2.45, 2.75) is 27.2 Å². The van der Waals surface area contributed by atoms with Crippen LogP contribution >= 0.6 is 23.2 Å². The summed E-state index contributed by atoms with van der Waals surface area (Å²) >= 11 is 12.3. The van der Waals surface area contributed by atoms with Crippen LogP contribution in [0, 0.1) is 5.92 Å². The van der Waals surface area contributed by atoms with E-state index in [1.807, 2.05) is 18.2 Å². The summed E-state index contributed by atoms with van der Waals surface area (Å²) in [6.45, 7) is 8.46. The van der Waals surface area contributed by atoms with Crippen LogP contribution in [0.15, 0.2) is 23.8 Å². The molecule has 0 spiro atoms. The highest BCUT2D eigenvalue weighted by Crippen LogP contribution is 2.27. The van der Waals surface area contributed by atoms with Gasteiger partial charge in [-0.15, -0.1) is 0 Å². The number of nitrogens with one attached hydrogen (secondary N) is 1. The first-order valence-electron chi connectivity index (χ1n) is 6.38. The predicted octanol–water partition coefficient (Wildman–Crippen LogP) is 5.03. The molecule has 0 radical (unpaired) electrons. The van der Waals surface area contributed by atoms with Gasteiger partial charge in [-0.2, -0.15) is 0 Å². The Kier molecular flexibility index (Phi) is 6.77. The molecule has 1 aromatic rings. The standard InChI is InChI=1S/C15H21Cl2N/c1-4-12(10-18-9-11(2)3)8-13-14(16)6-5-7-15(13)17/h5-8,11,18H,4,9-10H2,1-3H3. The van der Waals surface area contributed by atoms with Gasteiger partial charge in [-0.05, 0) is 31.0 Å². The lowest BCUT2D eigenvalue weighted by Crippen LogP contribution is -2.21. The molecule has 0 fully saturated rings. The first kappa shape index (κ1) is 15.6. The minimum Gasteiger partial charge on any atom is -0.313 e. The second-order valence-electron chi connectivity index (χ2n) is 4.82. The van der Waals surface area contributed by atoms with Gasteiger partial charge in [0.05, 0.1) is 0 Å². The van der Waals surface area contributed by atoms with Crippen molar-refractivity contribution in [2.24, 2.45) is 5.92 Å². The van der Waals surface area contributed by atoms with Gasteiger partial charge in [0.15, 0.2) is 0 Å². The molecule has 0 unspecified atom stereocenters. The Hall–Kier alpha value is -0.500. The van der Waals surface area contributed by atoms with Gasteiger partial charge in [-0.25, -0.2) is 0 Å². The molecule has 18 heavy (non-hydrogen) atoms. The number of halogens is 2. The summed E-state index contributed by atoms with van der Waals surface area (Å²) in [5.74, 6) is 0.659. The molecule has 1 N–H and O–H groups in total. The van der Waals surface area contributed by atoms with Gasteiger partial charge in [0.25, 0.3) is 0 Å². The van der Waals surface area contributed by atoms with Crippen molar-refractivity contribution < 1.29 is 0 Å². The second-order valence-corrected chi connectivity index (χ2v) is 5.63. The van der Waals surface area contributed by atoms with E-state index in [0.717, 1.165) is 25.1 Å². The van der Waals surface area contributed by atoms with E-state index in [1.54, 1.807) is 0 Å². The zero-order valence-corrected chi connectivity index (χ0v) is 12.8. The molecule has 0 atom stereocenters. The highest BCUT2D eigenvalue weighted by atomic mass is 35.5. The maximum Gasteiger partial charge on any atom is 0.0493 e. The molecule has 0 saturated heterocycles. The molecule has 0 aromatic heterocycles. The van der Waals surface area contributed by atoms with Crippen molar-refractivity contribution in [1.82, 2.24) is 5.32 Å². The van der Waals surface area contributed by atoms with Crippen molar-refractivity contribution in [2.75, 3.05) is 13.1 Å². The van der Waals surface area contributed by atoms with Crippen molar-refractivity contribution >= 4 is 29.3 Å². The summed E-state index contributed by atoms with van der Waals surface area (Å²) in [5, 5.41) is 4.85. The van der Waals surface area contributed by atoms with Crippen LogP contribution in [0.25, 0.3) is 6.08 Å². The lowest BCUT2D eigenvalue weighted by molar-refractivity contribution is 0.569. The van der Waals surface area contributed by atoms with E-state index in [4.69, 9.17) is 23.2 Å². The first-order chi connectivity index (χ1) is 8.54. The highest BCUT2D eigenvalue weighted by Gasteiger charge is 2.04. The minimum atomic E-state index is 0.659. The van der Waals surface area contributed by atoms with E-state index >= 15 is 0 Å². The molecule has 100 valence electrons. The van der Waals surface area contributed by atoms with Crippen molar-refractivity contribution in [3.05, 3.63) is 39.4 Å². The minimum absolute atomic E-state index is 0.659. The number of rotatable bonds is 6. The maximum atomic E-state index is 6.17. The van der Waals surface area contributed by atoms with Crippen LogP contribution < -0.4 is 5.32 Å². The van der Waals surface area contributed by atoms with Crippen LogP contribution in [-0.2, 0) is 0 Å². The van der Waals surface area contributed by atoms with Gasteiger partial charge in [-0.3, -0.25) is 0 Å².